The Morgan fingerprint density at radius 2 is 2.12 bits per heavy atom. The molecule has 0 fully saturated rings. The minimum absolute atomic E-state index is 0.0553. The molecule has 0 spiro atoms. The van der Waals surface area contributed by atoms with Gasteiger partial charge in [-0.1, -0.05) is 6.07 Å². The lowest BCUT2D eigenvalue weighted by Crippen LogP contribution is -2.41. The first kappa shape index (κ1) is 21.9. The van der Waals surface area contributed by atoms with Gasteiger partial charge >= 0.3 is 0 Å². The van der Waals surface area contributed by atoms with E-state index < -0.39 is 6.04 Å². The number of benzene rings is 1. The Morgan fingerprint density at radius 3 is 2.94 bits per heavy atom. The minimum atomic E-state index is -0.399. The van der Waals surface area contributed by atoms with Gasteiger partial charge in [-0.2, -0.15) is 16.7 Å². The number of amides is 1. The zero-order valence-corrected chi connectivity index (χ0v) is 18.9. The van der Waals surface area contributed by atoms with Gasteiger partial charge in [-0.3, -0.25) is 9.36 Å². The second-order valence-corrected chi connectivity index (χ2v) is 8.36. The molecule has 32 heavy (non-hydrogen) atoms. The first-order chi connectivity index (χ1) is 15.6. The van der Waals surface area contributed by atoms with E-state index in [-0.39, 0.29) is 12.7 Å². The average Bonchev–Trinajstić information content (AvgIpc) is 3.48. The maximum Gasteiger partial charge on any atom is 0.242 e. The molecule has 1 aliphatic rings. The van der Waals surface area contributed by atoms with E-state index >= 15 is 0 Å². The molecule has 0 saturated carbocycles. The van der Waals surface area contributed by atoms with Crippen molar-refractivity contribution in [1.29, 1.82) is 0 Å². The van der Waals surface area contributed by atoms with Gasteiger partial charge in [0.2, 0.25) is 18.6 Å². The Labute approximate surface area is 191 Å². The van der Waals surface area contributed by atoms with Crippen molar-refractivity contribution in [3.05, 3.63) is 54.2 Å². The molecule has 1 aromatic carbocycles. The molecule has 3 aromatic rings. The van der Waals surface area contributed by atoms with Crippen LogP contribution in [0.2, 0.25) is 0 Å². The number of hydrogen-bond donors (Lipinski definition) is 2. The van der Waals surface area contributed by atoms with Crippen molar-refractivity contribution in [2.45, 2.75) is 25.8 Å². The van der Waals surface area contributed by atoms with E-state index in [1.165, 1.54) is 0 Å². The highest BCUT2D eigenvalue weighted by Gasteiger charge is 2.19. The zero-order chi connectivity index (χ0) is 22.3. The van der Waals surface area contributed by atoms with Crippen LogP contribution in [0.1, 0.15) is 17.7 Å². The number of aryl methyl sites for hydroxylation is 1. The molecule has 1 amide bonds. The molecule has 2 aromatic heterocycles. The molecule has 0 radical (unpaired) electrons. The largest absolute Gasteiger partial charge is 0.454 e. The van der Waals surface area contributed by atoms with Gasteiger partial charge in [0, 0.05) is 30.7 Å². The third-order valence-electron chi connectivity index (χ3n) is 4.98. The lowest BCUT2D eigenvalue weighted by molar-refractivity contribution is -0.121. The lowest BCUT2D eigenvalue weighted by Gasteiger charge is -2.19. The average molecular weight is 455 g/mol. The number of fused-ring (bicyclic) bond motifs is 1. The first-order valence-corrected chi connectivity index (χ1v) is 11.8. The third-order valence-corrected chi connectivity index (χ3v) is 5.62. The summed E-state index contributed by atoms with van der Waals surface area (Å²) >= 11 is 1.70. The minimum Gasteiger partial charge on any atom is -0.454 e. The van der Waals surface area contributed by atoms with Crippen molar-refractivity contribution in [3.8, 4) is 17.4 Å². The van der Waals surface area contributed by atoms with E-state index in [1.54, 1.807) is 35.0 Å². The van der Waals surface area contributed by atoms with Crippen molar-refractivity contribution < 1.29 is 14.3 Å². The van der Waals surface area contributed by atoms with Crippen LogP contribution < -0.4 is 20.1 Å². The Morgan fingerprint density at radius 1 is 1.25 bits per heavy atom. The van der Waals surface area contributed by atoms with Gasteiger partial charge in [0.05, 0.1) is 0 Å². The lowest BCUT2D eigenvalue weighted by atomic mass is 10.1. The second kappa shape index (κ2) is 10.4. The number of carbonyl (C=O) groups is 1. The van der Waals surface area contributed by atoms with Gasteiger partial charge in [-0.05, 0) is 49.5 Å². The Kier molecular flexibility index (Phi) is 7.10. The molecular weight excluding hydrogens is 428 g/mol. The van der Waals surface area contributed by atoms with Crippen molar-refractivity contribution in [2.24, 2.45) is 0 Å². The Balaban J connectivity index is 1.38. The number of hydrogen-bond acceptors (Lipinski definition) is 8. The van der Waals surface area contributed by atoms with E-state index in [0.717, 1.165) is 28.5 Å². The van der Waals surface area contributed by atoms with E-state index in [9.17, 15) is 4.79 Å². The number of ether oxygens (including phenoxy) is 2. The molecule has 0 saturated heterocycles. The number of imidazole rings is 1. The van der Waals surface area contributed by atoms with E-state index in [1.807, 2.05) is 37.4 Å². The van der Waals surface area contributed by atoms with Crippen molar-refractivity contribution in [2.75, 3.05) is 30.7 Å². The Bertz CT molecular complexity index is 1060. The van der Waals surface area contributed by atoms with Crippen LogP contribution in [0, 0.1) is 6.92 Å². The van der Waals surface area contributed by atoms with Gasteiger partial charge in [-0.15, -0.1) is 0 Å². The monoisotopic (exact) mass is 454 g/mol. The molecule has 2 N–H and O–H groups in total. The van der Waals surface area contributed by atoms with E-state index in [0.29, 0.717) is 31.2 Å². The molecule has 4 rings (SSSR count). The summed E-state index contributed by atoms with van der Waals surface area (Å²) in [5.41, 5.74) is 1.89. The molecular formula is C22H26N6O3S. The summed E-state index contributed by atoms with van der Waals surface area (Å²) in [7, 11) is 0. The fraction of sp³-hybridized carbons (Fsp3) is 0.364. The van der Waals surface area contributed by atoms with E-state index in [2.05, 4.69) is 25.6 Å². The number of rotatable bonds is 10. The van der Waals surface area contributed by atoms with Crippen LogP contribution in [0.5, 0.6) is 11.5 Å². The van der Waals surface area contributed by atoms with Crippen LogP contribution in [0.25, 0.3) is 5.95 Å². The first-order valence-electron chi connectivity index (χ1n) is 10.4. The zero-order valence-electron chi connectivity index (χ0n) is 18.1. The van der Waals surface area contributed by atoms with Crippen molar-refractivity contribution >= 4 is 23.5 Å². The number of nitrogens with zero attached hydrogens (tertiary/aromatic N) is 4. The summed E-state index contributed by atoms with van der Waals surface area (Å²) in [6.45, 7) is 2.68. The molecule has 1 aliphatic heterocycles. The fourth-order valence-electron chi connectivity index (χ4n) is 3.35. The van der Waals surface area contributed by atoms with Gasteiger partial charge in [-0.25, -0.2) is 9.97 Å². The Hall–Kier alpha value is -3.27. The van der Waals surface area contributed by atoms with Crippen molar-refractivity contribution in [1.82, 2.24) is 24.8 Å². The van der Waals surface area contributed by atoms with Gasteiger partial charge < -0.3 is 20.1 Å². The summed E-state index contributed by atoms with van der Waals surface area (Å²) in [6.07, 6.45) is 8.52. The maximum absolute atomic E-state index is 12.9. The van der Waals surface area contributed by atoms with Gasteiger partial charge in [0.25, 0.3) is 0 Å². The molecule has 168 valence electrons. The third kappa shape index (κ3) is 5.50. The molecule has 1 unspecified atom stereocenters. The molecule has 10 heteroatoms. The number of nitrogens with one attached hydrogen (secondary N) is 2. The molecule has 0 aliphatic carbocycles. The maximum atomic E-state index is 12.9. The molecule has 0 bridgehead atoms. The van der Waals surface area contributed by atoms with Crippen LogP contribution in [-0.4, -0.2) is 56.8 Å². The van der Waals surface area contributed by atoms with E-state index in [4.69, 9.17) is 9.47 Å². The molecule has 9 nitrogen and oxygen atoms in total. The number of thioether (sulfide) groups is 1. The standard InChI is InChI=1S/C22H26N6O3S/c1-15-11-20(27-22(25-15)28-9-8-23-13-28)26-17(6-10-32-2)21(29)24-7-5-16-3-4-18-19(12-16)31-14-30-18/h3-4,8-9,11-13,17H,5-7,10,14H2,1-2H3,(H,24,29)(H,25,26,27). The number of carbonyl (C=O) groups excluding carboxylic acids is 1. The fourth-order valence-corrected chi connectivity index (χ4v) is 3.82. The molecule has 3 heterocycles. The summed E-state index contributed by atoms with van der Waals surface area (Å²) in [5, 5.41) is 6.34. The highest BCUT2D eigenvalue weighted by molar-refractivity contribution is 7.98. The SMILES string of the molecule is CSCCC(Nc1cc(C)nc(-n2ccnc2)n1)C(=O)NCCc1ccc2c(c1)OCO2. The van der Waals surface area contributed by atoms with Crippen molar-refractivity contribution in [3.63, 3.8) is 0 Å². The van der Waals surface area contributed by atoms with Crippen LogP contribution in [0.4, 0.5) is 5.82 Å². The van der Waals surface area contributed by atoms with Crippen LogP contribution >= 0.6 is 11.8 Å². The van der Waals surface area contributed by atoms with Crippen LogP contribution in [0.15, 0.2) is 43.0 Å². The van der Waals surface area contributed by atoms with Gasteiger partial charge in [0.1, 0.15) is 18.2 Å². The highest BCUT2D eigenvalue weighted by Crippen LogP contribution is 2.32. The summed E-state index contributed by atoms with van der Waals surface area (Å²) in [6, 6.07) is 7.29. The quantitative estimate of drug-likeness (QED) is 0.482. The predicted molar refractivity (Wildman–Crippen MR) is 124 cm³/mol. The van der Waals surface area contributed by atoms with Crippen LogP contribution in [0.3, 0.4) is 0 Å². The topological polar surface area (TPSA) is 103 Å². The number of anilines is 1. The summed E-state index contributed by atoms with van der Waals surface area (Å²) < 4.78 is 12.5. The summed E-state index contributed by atoms with van der Waals surface area (Å²) in [4.78, 5) is 26.0. The predicted octanol–water partition coefficient (Wildman–Crippen LogP) is 2.59. The van der Waals surface area contributed by atoms with Crippen LogP contribution in [-0.2, 0) is 11.2 Å². The highest BCUT2D eigenvalue weighted by atomic mass is 32.2. The second-order valence-electron chi connectivity index (χ2n) is 7.37. The summed E-state index contributed by atoms with van der Waals surface area (Å²) in [5.74, 6) is 3.43. The number of aromatic nitrogens is 4. The molecule has 1 atom stereocenters. The van der Waals surface area contributed by atoms with Gasteiger partial charge in [0.15, 0.2) is 11.5 Å². The smallest absolute Gasteiger partial charge is 0.242 e. The normalized spacial score (nSPS) is 13.1.